The van der Waals surface area contributed by atoms with E-state index < -0.39 is 0 Å². The number of ether oxygens (including phenoxy) is 2. The van der Waals surface area contributed by atoms with Crippen molar-refractivity contribution in [2.75, 3.05) is 27.0 Å². The second-order valence-corrected chi connectivity index (χ2v) is 7.01. The predicted molar refractivity (Wildman–Crippen MR) is 108 cm³/mol. The second-order valence-electron chi connectivity index (χ2n) is 6.16. The number of methoxy groups -OCH3 is 2. The topological polar surface area (TPSA) is 47.6 Å². The summed E-state index contributed by atoms with van der Waals surface area (Å²) in [5.41, 5.74) is 1.98. The maximum Gasteiger partial charge on any atom is 0.176 e. The molecule has 0 aliphatic heterocycles. The summed E-state index contributed by atoms with van der Waals surface area (Å²) in [6, 6.07) is 14.0. The number of benzene rings is 2. The number of rotatable bonds is 10. The number of carbonyl (C=O) groups excluding carboxylic acids is 1. The third-order valence-corrected chi connectivity index (χ3v) is 5.10. The van der Waals surface area contributed by atoms with Crippen molar-refractivity contribution < 1.29 is 14.3 Å². The Morgan fingerprint density at radius 1 is 1.12 bits per heavy atom. The van der Waals surface area contributed by atoms with Gasteiger partial charge in [-0.1, -0.05) is 12.1 Å². The Hall–Kier alpha value is -1.98. The average Bonchev–Trinajstić information content (AvgIpc) is 2.70. The van der Waals surface area contributed by atoms with E-state index in [1.807, 2.05) is 36.6 Å². The van der Waals surface area contributed by atoms with Crippen LogP contribution in [0.25, 0.3) is 0 Å². The Labute approximate surface area is 160 Å². The molecule has 0 fully saturated rings. The van der Waals surface area contributed by atoms with Crippen molar-refractivity contribution >= 4 is 17.5 Å². The molecular formula is C21H27NO3S. The Balaban J connectivity index is 1.82. The molecule has 1 atom stereocenters. The van der Waals surface area contributed by atoms with Crippen molar-refractivity contribution in [2.24, 2.45) is 0 Å². The Morgan fingerprint density at radius 2 is 1.85 bits per heavy atom. The molecule has 0 amide bonds. The van der Waals surface area contributed by atoms with Crippen LogP contribution in [0.15, 0.2) is 47.4 Å². The van der Waals surface area contributed by atoms with Crippen LogP contribution in [0.5, 0.6) is 11.5 Å². The zero-order valence-electron chi connectivity index (χ0n) is 15.9. The van der Waals surface area contributed by atoms with Crippen LogP contribution < -0.4 is 14.8 Å². The molecule has 1 N–H and O–H groups in total. The quantitative estimate of drug-likeness (QED) is 0.499. The van der Waals surface area contributed by atoms with Crippen LogP contribution in [0.2, 0.25) is 0 Å². The summed E-state index contributed by atoms with van der Waals surface area (Å²) in [7, 11) is 3.31. The Morgan fingerprint density at radius 3 is 2.46 bits per heavy atom. The molecule has 0 saturated heterocycles. The van der Waals surface area contributed by atoms with Crippen LogP contribution in [-0.4, -0.2) is 38.8 Å². The molecule has 0 radical (unpaired) electrons. The van der Waals surface area contributed by atoms with E-state index in [0.29, 0.717) is 12.1 Å². The number of thioether (sulfide) groups is 1. The van der Waals surface area contributed by atoms with E-state index in [1.165, 1.54) is 5.56 Å². The lowest BCUT2D eigenvalue weighted by molar-refractivity contribution is 0.0987. The van der Waals surface area contributed by atoms with Gasteiger partial charge in [0.25, 0.3) is 0 Å². The first-order valence-corrected chi connectivity index (χ1v) is 9.91. The van der Waals surface area contributed by atoms with Crippen LogP contribution >= 0.6 is 11.8 Å². The summed E-state index contributed by atoms with van der Waals surface area (Å²) >= 11 is 1.58. The fourth-order valence-corrected chi connectivity index (χ4v) is 3.25. The third-order valence-electron chi connectivity index (χ3n) is 4.34. The molecule has 26 heavy (non-hydrogen) atoms. The van der Waals surface area contributed by atoms with E-state index in [0.717, 1.165) is 29.2 Å². The zero-order valence-corrected chi connectivity index (χ0v) is 16.7. The van der Waals surface area contributed by atoms with Crippen LogP contribution in [0.1, 0.15) is 29.3 Å². The lowest BCUT2D eigenvalue weighted by Crippen LogP contribution is -2.31. The van der Waals surface area contributed by atoms with Crippen LogP contribution in [0.3, 0.4) is 0 Å². The number of aryl methyl sites for hydroxylation is 1. The summed E-state index contributed by atoms with van der Waals surface area (Å²) in [5, 5.41) is 3.33. The van der Waals surface area contributed by atoms with Gasteiger partial charge in [0.15, 0.2) is 5.78 Å². The number of hydrogen-bond acceptors (Lipinski definition) is 5. The minimum atomic E-state index is 0.0965. The first-order valence-electron chi connectivity index (χ1n) is 8.69. The molecule has 0 aromatic heterocycles. The fourth-order valence-electron chi connectivity index (χ4n) is 2.66. The molecule has 1 unspecified atom stereocenters. The lowest BCUT2D eigenvalue weighted by Gasteiger charge is -2.14. The van der Waals surface area contributed by atoms with Crippen molar-refractivity contribution in [3.05, 3.63) is 53.6 Å². The number of hydrogen-bond donors (Lipinski definition) is 1. The maximum atomic E-state index is 12.4. The van der Waals surface area contributed by atoms with E-state index >= 15 is 0 Å². The average molecular weight is 374 g/mol. The van der Waals surface area contributed by atoms with Gasteiger partial charge < -0.3 is 14.8 Å². The molecule has 0 saturated carbocycles. The van der Waals surface area contributed by atoms with E-state index in [4.69, 9.17) is 9.47 Å². The fraction of sp³-hybridized carbons (Fsp3) is 0.381. The highest BCUT2D eigenvalue weighted by atomic mass is 32.2. The van der Waals surface area contributed by atoms with Crippen LogP contribution in [-0.2, 0) is 6.42 Å². The van der Waals surface area contributed by atoms with E-state index in [-0.39, 0.29) is 11.8 Å². The van der Waals surface area contributed by atoms with Gasteiger partial charge >= 0.3 is 0 Å². The highest BCUT2D eigenvalue weighted by Crippen LogP contribution is 2.28. The van der Waals surface area contributed by atoms with Gasteiger partial charge in [0, 0.05) is 16.5 Å². The molecule has 140 valence electrons. The highest BCUT2D eigenvalue weighted by Gasteiger charge is 2.11. The number of ketones is 1. The molecule has 5 heteroatoms. The summed E-state index contributed by atoms with van der Waals surface area (Å²) in [6.45, 7) is 2.45. The molecule has 4 nitrogen and oxygen atoms in total. The Kier molecular flexibility index (Phi) is 8.01. The molecule has 0 spiro atoms. The van der Waals surface area contributed by atoms with E-state index in [1.54, 1.807) is 26.0 Å². The van der Waals surface area contributed by atoms with Crippen molar-refractivity contribution in [1.29, 1.82) is 0 Å². The predicted octanol–water partition coefficient (Wildman–Crippen LogP) is 4.22. The molecule has 0 aliphatic carbocycles. The number of Topliss-reactive ketones (excluding diaryl/α,β-unsaturated/α-hetero) is 1. The minimum Gasteiger partial charge on any atom is -0.497 e. The van der Waals surface area contributed by atoms with Crippen LogP contribution in [0, 0.1) is 0 Å². The normalized spacial score (nSPS) is 11.8. The third kappa shape index (κ3) is 5.78. The van der Waals surface area contributed by atoms with E-state index in [9.17, 15) is 4.79 Å². The van der Waals surface area contributed by atoms with Gasteiger partial charge in [-0.25, -0.2) is 0 Å². The van der Waals surface area contributed by atoms with Gasteiger partial charge in [0.05, 0.1) is 20.8 Å². The van der Waals surface area contributed by atoms with Crippen molar-refractivity contribution in [3.8, 4) is 11.5 Å². The summed E-state index contributed by atoms with van der Waals surface area (Å²) in [4.78, 5) is 13.4. The van der Waals surface area contributed by atoms with Gasteiger partial charge in [0.1, 0.15) is 11.5 Å². The van der Waals surface area contributed by atoms with E-state index in [2.05, 4.69) is 24.4 Å². The summed E-state index contributed by atoms with van der Waals surface area (Å²) in [5.74, 6) is 1.77. The SMILES string of the molecule is COc1ccc(CCC(C)NCC(=O)c2ccc(OC)c(SC)c2)cc1. The number of carbonyl (C=O) groups is 1. The molecule has 0 bridgehead atoms. The molecule has 2 aromatic carbocycles. The molecule has 0 heterocycles. The highest BCUT2D eigenvalue weighted by molar-refractivity contribution is 7.98. The second kappa shape index (κ2) is 10.2. The zero-order chi connectivity index (χ0) is 18.9. The molecule has 0 aliphatic rings. The lowest BCUT2D eigenvalue weighted by atomic mass is 10.1. The van der Waals surface area contributed by atoms with Gasteiger partial charge in [0.2, 0.25) is 0 Å². The first kappa shape index (κ1) is 20.3. The van der Waals surface area contributed by atoms with Gasteiger partial charge in [-0.15, -0.1) is 11.8 Å². The molecule has 2 rings (SSSR count). The standard InChI is InChI=1S/C21H27NO3S/c1-15(5-6-16-7-10-18(24-2)11-8-16)22-14-19(23)17-9-12-20(25-3)21(13-17)26-4/h7-13,15,22H,5-6,14H2,1-4H3. The van der Waals surface area contributed by atoms with Crippen molar-refractivity contribution in [2.45, 2.75) is 30.7 Å². The maximum absolute atomic E-state index is 12.4. The van der Waals surface area contributed by atoms with Crippen molar-refractivity contribution in [3.63, 3.8) is 0 Å². The molecule has 2 aromatic rings. The minimum absolute atomic E-state index is 0.0965. The first-order chi connectivity index (χ1) is 12.6. The van der Waals surface area contributed by atoms with Gasteiger partial charge in [-0.05, 0) is 61.9 Å². The molecular weight excluding hydrogens is 346 g/mol. The van der Waals surface area contributed by atoms with Crippen LogP contribution in [0.4, 0.5) is 0 Å². The largest absolute Gasteiger partial charge is 0.497 e. The summed E-state index contributed by atoms with van der Waals surface area (Å²) < 4.78 is 10.5. The number of nitrogens with one attached hydrogen (secondary N) is 1. The smallest absolute Gasteiger partial charge is 0.176 e. The Bertz CT molecular complexity index is 716. The summed E-state index contributed by atoms with van der Waals surface area (Å²) in [6.07, 6.45) is 3.91. The van der Waals surface area contributed by atoms with Gasteiger partial charge in [-0.2, -0.15) is 0 Å². The van der Waals surface area contributed by atoms with Gasteiger partial charge in [-0.3, -0.25) is 4.79 Å². The monoisotopic (exact) mass is 373 g/mol. The van der Waals surface area contributed by atoms with Crippen molar-refractivity contribution in [1.82, 2.24) is 5.32 Å².